The van der Waals surface area contributed by atoms with Crippen LogP contribution < -0.4 is 5.73 Å². The average molecular weight is 167 g/mol. The highest BCUT2D eigenvalue weighted by Gasteiger charge is 2.21. The fourth-order valence-corrected chi connectivity index (χ4v) is 1.45. The number of hydrogen-bond donors (Lipinski definition) is 1. The van der Waals surface area contributed by atoms with Gasteiger partial charge in [0.2, 0.25) is 0 Å². The Morgan fingerprint density at radius 1 is 1.60 bits per heavy atom. The largest absolute Gasteiger partial charge is 0.344 e. The van der Waals surface area contributed by atoms with Crippen molar-refractivity contribution in [2.45, 2.75) is 20.0 Å². The Kier molecular flexibility index (Phi) is 4.13. The van der Waals surface area contributed by atoms with Gasteiger partial charge in [0.05, 0.1) is 12.4 Å². The van der Waals surface area contributed by atoms with Gasteiger partial charge in [-0.3, -0.25) is 4.57 Å². The Labute approximate surface area is 61.2 Å². The number of rotatable bonds is 4. The minimum atomic E-state index is -2.96. The molecular weight excluding hydrogens is 153 g/mol. The summed E-state index contributed by atoms with van der Waals surface area (Å²) in [6.45, 7) is 3.56. The summed E-state index contributed by atoms with van der Waals surface area (Å²) in [6.07, 6.45) is -0.184. The van der Waals surface area contributed by atoms with Crippen molar-refractivity contribution >= 4 is 7.60 Å². The van der Waals surface area contributed by atoms with Crippen molar-refractivity contribution in [3.8, 4) is 0 Å². The first-order valence-corrected chi connectivity index (χ1v) is 4.80. The minimum Gasteiger partial charge on any atom is -0.320 e. The second kappa shape index (κ2) is 4.09. The van der Waals surface area contributed by atoms with Gasteiger partial charge >= 0.3 is 7.60 Å². The zero-order chi connectivity index (χ0) is 8.20. The van der Waals surface area contributed by atoms with Crippen LogP contribution in [0.15, 0.2) is 0 Å². The van der Waals surface area contributed by atoms with Crippen LogP contribution in [-0.4, -0.2) is 19.5 Å². The first-order valence-electron chi connectivity index (χ1n) is 3.07. The van der Waals surface area contributed by atoms with Gasteiger partial charge in [-0.15, -0.1) is 0 Å². The van der Waals surface area contributed by atoms with Crippen LogP contribution in [0.4, 0.5) is 0 Å². The first kappa shape index (κ1) is 10.1. The van der Waals surface area contributed by atoms with E-state index in [-0.39, 0.29) is 12.4 Å². The molecule has 0 aromatic carbocycles. The Bertz CT molecular complexity index is 129. The number of hydrogen-bond acceptors (Lipinski definition) is 4. The van der Waals surface area contributed by atoms with Crippen molar-refractivity contribution in [2.24, 2.45) is 5.73 Å². The van der Waals surface area contributed by atoms with Gasteiger partial charge in [0.25, 0.3) is 0 Å². The van der Waals surface area contributed by atoms with E-state index in [4.69, 9.17) is 10.3 Å². The van der Waals surface area contributed by atoms with E-state index in [1.165, 1.54) is 7.11 Å². The molecule has 0 rings (SSSR count). The summed E-state index contributed by atoms with van der Waals surface area (Å²) in [5.74, 6) is 0. The van der Waals surface area contributed by atoms with Crippen LogP contribution >= 0.6 is 7.60 Å². The smallest absolute Gasteiger partial charge is 0.320 e. The molecule has 0 aromatic rings. The highest BCUT2D eigenvalue weighted by Crippen LogP contribution is 2.46. The van der Waals surface area contributed by atoms with Gasteiger partial charge in [0.1, 0.15) is 0 Å². The van der Waals surface area contributed by atoms with E-state index in [1.54, 1.807) is 13.8 Å². The normalized spacial score (nSPS) is 17.3. The van der Waals surface area contributed by atoms with E-state index in [1.807, 2.05) is 0 Å². The summed E-state index contributed by atoms with van der Waals surface area (Å²) in [7, 11) is -1.63. The molecule has 0 spiro atoms. The molecule has 0 bridgehead atoms. The van der Waals surface area contributed by atoms with E-state index in [0.717, 1.165) is 0 Å². The van der Waals surface area contributed by atoms with Gasteiger partial charge in [-0.25, -0.2) is 0 Å². The molecule has 1 atom stereocenters. The van der Waals surface area contributed by atoms with Crippen molar-refractivity contribution in [1.29, 1.82) is 0 Å². The predicted octanol–water partition coefficient (Wildman–Crippen LogP) is 1.17. The maximum atomic E-state index is 11.2. The fraction of sp³-hybridized carbons (Fsp3) is 1.00. The van der Waals surface area contributed by atoms with Crippen molar-refractivity contribution in [3.05, 3.63) is 0 Å². The molecule has 0 aromatic heterocycles. The Hall–Kier alpha value is 0.110. The molecular formula is C5H14NO3P. The lowest BCUT2D eigenvalue weighted by molar-refractivity contribution is 0.188. The highest BCUT2D eigenvalue weighted by molar-refractivity contribution is 7.53. The first-order chi connectivity index (χ1) is 4.54. The lowest BCUT2D eigenvalue weighted by Gasteiger charge is -2.16. The van der Waals surface area contributed by atoms with Crippen LogP contribution in [0.1, 0.15) is 13.8 Å². The molecule has 0 aliphatic carbocycles. The molecule has 0 aliphatic heterocycles. The molecule has 1 unspecified atom stereocenters. The highest BCUT2D eigenvalue weighted by atomic mass is 31.2. The molecule has 0 saturated carbocycles. The summed E-state index contributed by atoms with van der Waals surface area (Å²) in [5.41, 5.74) is 5.15. The van der Waals surface area contributed by atoms with Crippen molar-refractivity contribution in [2.75, 3.05) is 13.4 Å². The molecule has 4 nitrogen and oxygen atoms in total. The van der Waals surface area contributed by atoms with Crippen LogP contribution in [0.3, 0.4) is 0 Å². The Morgan fingerprint density at radius 3 is 2.20 bits per heavy atom. The van der Waals surface area contributed by atoms with Gasteiger partial charge in [0, 0.05) is 7.11 Å². The maximum absolute atomic E-state index is 11.2. The van der Waals surface area contributed by atoms with E-state index >= 15 is 0 Å². The number of nitrogens with two attached hydrogens (primary N) is 1. The van der Waals surface area contributed by atoms with Crippen molar-refractivity contribution in [3.63, 3.8) is 0 Å². The summed E-state index contributed by atoms with van der Waals surface area (Å²) in [5, 5.41) is 0. The lowest BCUT2D eigenvalue weighted by Crippen LogP contribution is -2.09. The minimum absolute atomic E-state index is 0.0678. The van der Waals surface area contributed by atoms with Gasteiger partial charge in [-0.1, -0.05) is 0 Å². The molecule has 0 fully saturated rings. The molecule has 0 amide bonds. The maximum Gasteiger partial charge on any atom is 0.344 e. The quantitative estimate of drug-likeness (QED) is 0.638. The summed E-state index contributed by atoms with van der Waals surface area (Å²) >= 11 is 0. The molecule has 10 heavy (non-hydrogen) atoms. The topological polar surface area (TPSA) is 61.5 Å². The van der Waals surface area contributed by atoms with Crippen LogP contribution in [0, 0.1) is 0 Å². The third kappa shape index (κ3) is 3.32. The predicted molar refractivity (Wildman–Crippen MR) is 39.9 cm³/mol. The molecule has 0 heterocycles. The Morgan fingerprint density at radius 2 is 2.10 bits per heavy atom. The van der Waals surface area contributed by atoms with Gasteiger partial charge < -0.3 is 14.8 Å². The third-order valence-corrected chi connectivity index (χ3v) is 2.62. The SMILES string of the molecule is COP(=O)(CN)OC(C)C. The zero-order valence-electron chi connectivity index (χ0n) is 6.53. The summed E-state index contributed by atoms with van der Waals surface area (Å²) in [6, 6.07) is 0. The average Bonchev–Trinajstić information content (AvgIpc) is 1.87. The molecule has 62 valence electrons. The van der Waals surface area contributed by atoms with E-state index < -0.39 is 7.60 Å². The van der Waals surface area contributed by atoms with Crippen molar-refractivity contribution < 1.29 is 13.6 Å². The van der Waals surface area contributed by atoms with Crippen molar-refractivity contribution in [1.82, 2.24) is 0 Å². The zero-order valence-corrected chi connectivity index (χ0v) is 7.43. The van der Waals surface area contributed by atoms with Crippen LogP contribution in [-0.2, 0) is 13.6 Å². The van der Waals surface area contributed by atoms with Crippen LogP contribution in [0.2, 0.25) is 0 Å². The van der Waals surface area contributed by atoms with Crippen LogP contribution in [0.5, 0.6) is 0 Å². The molecule has 5 heteroatoms. The molecule has 0 saturated heterocycles. The lowest BCUT2D eigenvalue weighted by atomic mass is 10.5. The second-order valence-corrected chi connectivity index (χ2v) is 4.29. The monoisotopic (exact) mass is 167 g/mol. The molecule has 0 radical (unpaired) electrons. The van der Waals surface area contributed by atoms with E-state index in [2.05, 4.69) is 4.52 Å². The van der Waals surface area contributed by atoms with Crippen LogP contribution in [0.25, 0.3) is 0 Å². The molecule has 2 N–H and O–H groups in total. The Balaban J connectivity index is 3.94. The van der Waals surface area contributed by atoms with Gasteiger partial charge in [-0.05, 0) is 13.8 Å². The fourth-order valence-electron chi connectivity index (χ4n) is 0.482. The third-order valence-electron chi connectivity index (χ3n) is 0.873. The van der Waals surface area contributed by atoms with Gasteiger partial charge in [-0.2, -0.15) is 0 Å². The summed E-state index contributed by atoms with van der Waals surface area (Å²) in [4.78, 5) is 0. The standard InChI is InChI=1S/C5H14NO3P/c1-5(2)9-10(7,4-6)8-3/h5H,4,6H2,1-3H3. The summed E-state index contributed by atoms with van der Waals surface area (Å²) < 4.78 is 20.7. The van der Waals surface area contributed by atoms with Gasteiger partial charge in [0.15, 0.2) is 0 Å². The van der Waals surface area contributed by atoms with E-state index in [9.17, 15) is 4.57 Å². The van der Waals surface area contributed by atoms with E-state index in [0.29, 0.717) is 0 Å². The molecule has 0 aliphatic rings. The second-order valence-electron chi connectivity index (χ2n) is 2.13.